The Morgan fingerprint density at radius 2 is 1.87 bits per heavy atom. The number of amides is 1. The van der Waals surface area contributed by atoms with Crippen LogP contribution in [0.15, 0.2) is 48.8 Å². The average Bonchev–Trinajstić information content (AvgIpc) is 3.03. The molecule has 2 aromatic heterocycles. The van der Waals surface area contributed by atoms with E-state index in [4.69, 9.17) is 15.6 Å². The van der Waals surface area contributed by atoms with Crippen LogP contribution in [0.5, 0.6) is 5.75 Å². The number of fused-ring (bicyclic) bond motifs is 3. The number of aliphatic carboxylic acids is 1. The van der Waals surface area contributed by atoms with E-state index in [0.717, 1.165) is 12.1 Å². The largest absolute Gasteiger partial charge is 0.480 e. The summed E-state index contributed by atoms with van der Waals surface area (Å²) in [5.74, 6) is -3.61. The quantitative estimate of drug-likeness (QED) is 0.507. The van der Waals surface area contributed by atoms with Gasteiger partial charge in [-0.15, -0.1) is 0 Å². The third-order valence-electron chi connectivity index (χ3n) is 4.71. The average molecular weight is 411 g/mol. The van der Waals surface area contributed by atoms with Crippen molar-refractivity contribution in [2.24, 2.45) is 5.73 Å². The smallest absolute Gasteiger partial charge is 0.341 e. The summed E-state index contributed by atoms with van der Waals surface area (Å²) in [4.78, 5) is 27.1. The first-order chi connectivity index (χ1) is 14.4. The molecule has 152 valence electrons. The van der Waals surface area contributed by atoms with Gasteiger partial charge < -0.3 is 20.1 Å². The van der Waals surface area contributed by atoms with Crippen molar-refractivity contribution in [2.45, 2.75) is 6.54 Å². The number of carboxylic acids is 1. The van der Waals surface area contributed by atoms with Crippen LogP contribution in [0.1, 0.15) is 15.9 Å². The second kappa shape index (κ2) is 7.43. The van der Waals surface area contributed by atoms with Gasteiger partial charge in [0.25, 0.3) is 0 Å². The molecule has 0 aliphatic heterocycles. The number of hydrogen-bond acceptors (Lipinski definition) is 4. The fourth-order valence-corrected chi connectivity index (χ4v) is 3.49. The van der Waals surface area contributed by atoms with Crippen molar-refractivity contribution in [1.29, 1.82) is 0 Å². The molecule has 4 aromatic rings. The molecule has 0 bridgehead atoms. The lowest BCUT2D eigenvalue weighted by Gasteiger charge is -2.09. The van der Waals surface area contributed by atoms with Crippen LogP contribution in [0.2, 0.25) is 0 Å². The Labute approximate surface area is 168 Å². The van der Waals surface area contributed by atoms with Crippen LogP contribution in [-0.4, -0.2) is 33.1 Å². The Balaban J connectivity index is 2.00. The Morgan fingerprint density at radius 3 is 2.57 bits per heavy atom. The number of nitrogens with zero attached hydrogens (tertiary/aromatic N) is 2. The molecule has 0 aliphatic carbocycles. The Hall–Kier alpha value is -4.01. The number of aromatic nitrogens is 2. The lowest BCUT2D eigenvalue weighted by molar-refractivity contribution is -0.139. The van der Waals surface area contributed by atoms with Crippen molar-refractivity contribution in [2.75, 3.05) is 6.61 Å². The molecule has 3 N–H and O–H groups in total. The summed E-state index contributed by atoms with van der Waals surface area (Å²) in [5.41, 5.74) is 7.35. The van der Waals surface area contributed by atoms with E-state index in [9.17, 15) is 18.4 Å². The number of carboxylic acid groups (broad SMARTS) is 1. The van der Waals surface area contributed by atoms with Crippen LogP contribution in [0.4, 0.5) is 8.78 Å². The van der Waals surface area contributed by atoms with E-state index in [1.165, 1.54) is 18.5 Å². The first-order valence-electron chi connectivity index (χ1n) is 8.84. The molecule has 0 radical (unpaired) electrons. The summed E-state index contributed by atoms with van der Waals surface area (Å²) >= 11 is 0. The summed E-state index contributed by atoms with van der Waals surface area (Å²) in [7, 11) is 0. The van der Waals surface area contributed by atoms with Gasteiger partial charge in [-0.05, 0) is 29.8 Å². The molecule has 0 saturated carbocycles. The highest BCUT2D eigenvalue weighted by Crippen LogP contribution is 2.37. The minimum Gasteiger partial charge on any atom is -0.480 e. The minimum absolute atomic E-state index is 0.142. The molecule has 30 heavy (non-hydrogen) atoms. The summed E-state index contributed by atoms with van der Waals surface area (Å²) in [5, 5.41) is 9.88. The van der Waals surface area contributed by atoms with Crippen LogP contribution in [-0.2, 0) is 11.3 Å². The van der Waals surface area contributed by atoms with Crippen LogP contribution in [0.25, 0.3) is 21.8 Å². The molecule has 7 nitrogen and oxygen atoms in total. The Morgan fingerprint density at radius 1 is 1.07 bits per heavy atom. The number of nitrogens with two attached hydrogens (primary N) is 1. The van der Waals surface area contributed by atoms with Gasteiger partial charge in [-0.2, -0.15) is 0 Å². The normalized spacial score (nSPS) is 11.1. The zero-order chi connectivity index (χ0) is 21.4. The molecule has 0 unspecified atom stereocenters. The number of ether oxygens (including phenoxy) is 1. The summed E-state index contributed by atoms with van der Waals surface area (Å²) < 4.78 is 34.2. The van der Waals surface area contributed by atoms with E-state index in [1.807, 2.05) is 0 Å². The van der Waals surface area contributed by atoms with Gasteiger partial charge in [-0.1, -0.05) is 12.1 Å². The molecule has 9 heteroatoms. The van der Waals surface area contributed by atoms with Gasteiger partial charge in [0.1, 0.15) is 5.75 Å². The fourth-order valence-electron chi connectivity index (χ4n) is 3.49. The van der Waals surface area contributed by atoms with E-state index in [2.05, 4.69) is 4.98 Å². The van der Waals surface area contributed by atoms with Gasteiger partial charge in [-0.25, -0.2) is 13.6 Å². The van der Waals surface area contributed by atoms with Gasteiger partial charge in [0.05, 0.1) is 28.8 Å². The van der Waals surface area contributed by atoms with Crippen molar-refractivity contribution < 1.29 is 28.2 Å². The van der Waals surface area contributed by atoms with Crippen molar-refractivity contribution in [3.8, 4) is 5.75 Å². The van der Waals surface area contributed by atoms with Crippen molar-refractivity contribution in [1.82, 2.24) is 9.55 Å². The Bertz CT molecular complexity index is 1320. The molecule has 0 aliphatic rings. The third-order valence-corrected chi connectivity index (χ3v) is 4.71. The predicted octanol–water partition coefficient (Wildman–Crippen LogP) is 3.08. The van der Waals surface area contributed by atoms with Gasteiger partial charge >= 0.3 is 5.97 Å². The fraction of sp³-hybridized carbons (Fsp3) is 0.0952. The second-order valence-electron chi connectivity index (χ2n) is 6.61. The van der Waals surface area contributed by atoms with Crippen LogP contribution in [0.3, 0.4) is 0 Å². The molecule has 0 saturated heterocycles. The highest BCUT2D eigenvalue weighted by atomic mass is 19.2. The van der Waals surface area contributed by atoms with E-state index >= 15 is 0 Å². The second-order valence-corrected chi connectivity index (χ2v) is 6.61. The summed E-state index contributed by atoms with van der Waals surface area (Å²) in [6.45, 7) is -0.459. The van der Waals surface area contributed by atoms with Crippen LogP contribution >= 0.6 is 0 Å². The lowest BCUT2D eigenvalue weighted by atomic mass is 10.1. The maximum Gasteiger partial charge on any atom is 0.341 e. The first kappa shape index (κ1) is 19.3. The van der Waals surface area contributed by atoms with Crippen molar-refractivity contribution >= 4 is 33.7 Å². The zero-order valence-electron chi connectivity index (χ0n) is 15.4. The number of rotatable bonds is 6. The molecular weight excluding hydrogens is 396 g/mol. The van der Waals surface area contributed by atoms with Gasteiger partial charge in [0.15, 0.2) is 18.2 Å². The molecule has 1 amide bonds. The number of halogens is 2. The number of pyridine rings is 1. The number of carbonyl (C=O) groups is 2. The highest BCUT2D eigenvalue weighted by Gasteiger charge is 2.20. The van der Waals surface area contributed by atoms with E-state index in [-0.39, 0.29) is 17.9 Å². The standard InChI is InChI=1S/C21H15F2N3O4/c22-13-5-4-11(6-14(13)23)9-26-15-3-1-2-12(21(24)29)19(15)20-16(26)7-25-8-17(20)30-10-18(27)28/h1-8H,9-10H2,(H2,24,29)(H,27,28). The third kappa shape index (κ3) is 3.30. The van der Waals surface area contributed by atoms with Crippen LogP contribution in [0, 0.1) is 11.6 Å². The van der Waals surface area contributed by atoms with E-state index in [0.29, 0.717) is 27.4 Å². The molecule has 4 rings (SSSR count). The van der Waals surface area contributed by atoms with Gasteiger partial charge in [-0.3, -0.25) is 9.78 Å². The number of carbonyl (C=O) groups excluding carboxylic acids is 1. The molecule has 0 spiro atoms. The SMILES string of the molecule is NC(=O)c1cccc2c1c1c(OCC(=O)O)cncc1n2Cc1ccc(F)c(F)c1. The monoisotopic (exact) mass is 411 g/mol. The zero-order valence-corrected chi connectivity index (χ0v) is 15.4. The summed E-state index contributed by atoms with van der Waals surface area (Å²) in [6.07, 6.45) is 2.87. The maximum absolute atomic E-state index is 13.7. The Kier molecular flexibility index (Phi) is 4.78. The molecule has 0 fully saturated rings. The van der Waals surface area contributed by atoms with Crippen molar-refractivity contribution in [3.05, 3.63) is 71.6 Å². The van der Waals surface area contributed by atoms with Crippen molar-refractivity contribution in [3.63, 3.8) is 0 Å². The van der Waals surface area contributed by atoms with E-state index in [1.54, 1.807) is 22.8 Å². The van der Waals surface area contributed by atoms with E-state index < -0.39 is 30.1 Å². The maximum atomic E-state index is 13.7. The number of benzene rings is 2. The molecule has 0 atom stereocenters. The molecule has 2 heterocycles. The topological polar surface area (TPSA) is 107 Å². The number of hydrogen-bond donors (Lipinski definition) is 2. The molecule has 2 aromatic carbocycles. The number of primary amides is 1. The van der Waals surface area contributed by atoms with Crippen LogP contribution < -0.4 is 10.5 Å². The lowest BCUT2D eigenvalue weighted by Crippen LogP contribution is -2.11. The molecular formula is C21H15F2N3O4. The summed E-state index contributed by atoms with van der Waals surface area (Å²) in [6, 6.07) is 8.51. The predicted molar refractivity (Wildman–Crippen MR) is 104 cm³/mol. The van der Waals surface area contributed by atoms with Gasteiger partial charge in [0.2, 0.25) is 5.91 Å². The minimum atomic E-state index is -1.17. The van der Waals surface area contributed by atoms with Gasteiger partial charge in [0, 0.05) is 17.5 Å². The highest BCUT2D eigenvalue weighted by molar-refractivity contribution is 6.19. The first-order valence-corrected chi connectivity index (χ1v) is 8.84.